The molecule has 48 heavy (non-hydrogen) atoms. The number of piperidine rings is 1. The molecule has 0 aliphatic carbocycles. The summed E-state index contributed by atoms with van der Waals surface area (Å²) < 4.78 is 66.1. The van der Waals surface area contributed by atoms with E-state index in [0.717, 1.165) is 44.8 Å². The number of hydrogen-bond donors (Lipinski definition) is 4. The van der Waals surface area contributed by atoms with Gasteiger partial charge in [0, 0.05) is 67.4 Å². The van der Waals surface area contributed by atoms with Crippen molar-refractivity contribution in [2.75, 3.05) is 19.7 Å². The summed E-state index contributed by atoms with van der Waals surface area (Å²) in [7, 11) is 0. The maximum Gasteiger partial charge on any atom is 0.312 e. The zero-order valence-corrected chi connectivity index (χ0v) is 29.6. The summed E-state index contributed by atoms with van der Waals surface area (Å²) in [6.45, 7) is 11.2. The maximum absolute atomic E-state index is 12.3. The predicted molar refractivity (Wildman–Crippen MR) is 185 cm³/mol. The van der Waals surface area contributed by atoms with Crippen LogP contribution in [0.5, 0.6) is 0 Å². The van der Waals surface area contributed by atoms with Gasteiger partial charge in [0.05, 0.1) is 12.6 Å². The Morgan fingerprint density at radius 2 is 1.35 bits per heavy atom. The SMILES string of the molecule is CC.CC(C)N1CCC(n2ccc(C(=N)OC(=N)C(F)F)cc2=O)CC1.I.N=C(OC(=N)C(F)F)c1ccn(CC2CCCO2)c(=O)c1. The standard InChI is InChI=1S/C16H22F2N4O2.C13H15F2N3O3.C2H6.HI/c1-10(2)21-6-4-12(5-7-21)22-8-3-11(9-13(22)23)15(19)24-16(20)14(17)18;14-11(15)13(17)21-12(16)8-3-4-18(10(19)6-8)7-9-2-1-5-20-9;1-2;/h3,8-10,12,14,19-20H,4-7H2,1-2H3;3-4,6,9,11,16-17H,1-2,5,7H2;1-2H3;1H. The monoisotopic (exact) mass is 797 g/mol. The fraction of sp³-hybridized carbons (Fsp3) is 0.548. The molecule has 0 bridgehead atoms. The van der Waals surface area contributed by atoms with Crippen LogP contribution in [-0.2, 0) is 20.8 Å². The lowest BCUT2D eigenvalue weighted by Crippen LogP contribution is -2.40. The Morgan fingerprint density at radius 3 is 1.77 bits per heavy atom. The molecule has 17 heteroatoms. The van der Waals surface area contributed by atoms with E-state index in [4.69, 9.17) is 26.4 Å². The number of likely N-dealkylation sites (tertiary alicyclic amines) is 1. The van der Waals surface area contributed by atoms with E-state index in [1.54, 1.807) is 10.8 Å². The fourth-order valence-corrected chi connectivity index (χ4v) is 4.85. The molecule has 2 aromatic rings. The Labute approximate surface area is 293 Å². The van der Waals surface area contributed by atoms with Crippen molar-refractivity contribution in [2.45, 2.75) is 91.0 Å². The molecule has 2 aromatic heterocycles. The van der Waals surface area contributed by atoms with Crippen LogP contribution in [0.1, 0.15) is 70.5 Å². The summed E-state index contributed by atoms with van der Waals surface area (Å²) in [5.41, 5.74) is -0.539. The molecular weight excluding hydrogens is 753 g/mol. The van der Waals surface area contributed by atoms with Gasteiger partial charge in [0.15, 0.2) is 0 Å². The minimum absolute atomic E-state index is 0. The van der Waals surface area contributed by atoms with E-state index in [2.05, 4.69) is 28.2 Å². The molecule has 2 aliphatic heterocycles. The van der Waals surface area contributed by atoms with Crippen LogP contribution in [0.15, 0.2) is 46.2 Å². The molecule has 1 unspecified atom stereocenters. The summed E-state index contributed by atoms with van der Waals surface area (Å²) in [6, 6.07) is 5.78. The molecule has 4 rings (SSSR count). The number of nitrogens with zero attached hydrogens (tertiary/aromatic N) is 3. The molecule has 2 saturated heterocycles. The topological polar surface area (TPSA) is 170 Å². The van der Waals surface area contributed by atoms with Gasteiger partial charge in [0.25, 0.3) is 22.9 Å². The number of ether oxygens (including phenoxy) is 3. The van der Waals surface area contributed by atoms with Gasteiger partial charge in [-0.25, -0.2) is 0 Å². The first-order chi connectivity index (χ1) is 22.3. The minimum atomic E-state index is -3.09. The van der Waals surface area contributed by atoms with Crippen molar-refractivity contribution in [3.63, 3.8) is 0 Å². The fourth-order valence-electron chi connectivity index (χ4n) is 4.85. The normalized spacial score (nSPS) is 16.3. The van der Waals surface area contributed by atoms with Gasteiger partial charge in [-0.15, -0.1) is 24.0 Å². The van der Waals surface area contributed by atoms with E-state index in [9.17, 15) is 27.2 Å². The Morgan fingerprint density at radius 1 is 0.854 bits per heavy atom. The first-order valence-corrected chi connectivity index (χ1v) is 15.3. The van der Waals surface area contributed by atoms with Crippen LogP contribution in [-0.4, -0.2) is 82.3 Å². The Balaban J connectivity index is 0.000000451. The van der Waals surface area contributed by atoms with Crippen molar-refractivity contribution in [3.05, 3.63) is 68.5 Å². The molecule has 0 radical (unpaired) electrons. The highest BCUT2D eigenvalue weighted by Gasteiger charge is 2.23. The van der Waals surface area contributed by atoms with Crippen molar-refractivity contribution in [1.29, 1.82) is 21.6 Å². The van der Waals surface area contributed by atoms with Crippen LogP contribution in [0.4, 0.5) is 17.6 Å². The van der Waals surface area contributed by atoms with Crippen LogP contribution in [0.25, 0.3) is 0 Å². The minimum Gasteiger partial charge on any atom is -0.419 e. The van der Waals surface area contributed by atoms with Crippen molar-refractivity contribution in [2.24, 2.45) is 0 Å². The number of pyridine rings is 2. The van der Waals surface area contributed by atoms with Crippen molar-refractivity contribution >= 4 is 47.6 Å². The van der Waals surface area contributed by atoms with Gasteiger partial charge in [-0.2, -0.15) is 17.6 Å². The lowest BCUT2D eigenvalue weighted by atomic mass is 10.0. The highest BCUT2D eigenvalue weighted by atomic mass is 127. The van der Waals surface area contributed by atoms with Crippen molar-refractivity contribution in [3.8, 4) is 0 Å². The van der Waals surface area contributed by atoms with Gasteiger partial charge in [-0.05, 0) is 51.7 Å². The lowest BCUT2D eigenvalue weighted by molar-refractivity contribution is 0.0961. The zero-order valence-electron chi connectivity index (χ0n) is 27.3. The van der Waals surface area contributed by atoms with E-state index < -0.39 is 36.4 Å². The van der Waals surface area contributed by atoms with Crippen LogP contribution < -0.4 is 11.1 Å². The maximum atomic E-state index is 12.3. The first-order valence-electron chi connectivity index (χ1n) is 15.3. The molecule has 0 amide bonds. The van der Waals surface area contributed by atoms with Crippen LogP contribution >= 0.6 is 24.0 Å². The number of nitrogens with one attached hydrogen (secondary N) is 4. The smallest absolute Gasteiger partial charge is 0.312 e. The molecule has 268 valence electrons. The molecular formula is C31H44F4IN7O5. The first kappa shape index (κ1) is 42.6. The van der Waals surface area contributed by atoms with E-state index >= 15 is 0 Å². The van der Waals surface area contributed by atoms with Crippen LogP contribution in [0.3, 0.4) is 0 Å². The molecule has 0 aromatic carbocycles. The average Bonchev–Trinajstić information content (AvgIpc) is 3.56. The van der Waals surface area contributed by atoms with Gasteiger partial charge >= 0.3 is 12.9 Å². The number of rotatable bonds is 8. The Bertz CT molecular complexity index is 1490. The Kier molecular flexibility index (Phi) is 18.5. The van der Waals surface area contributed by atoms with Crippen LogP contribution in [0, 0.1) is 21.6 Å². The number of aromatic nitrogens is 2. The van der Waals surface area contributed by atoms with Gasteiger partial charge in [0.1, 0.15) is 0 Å². The highest BCUT2D eigenvalue weighted by molar-refractivity contribution is 14.0. The van der Waals surface area contributed by atoms with E-state index in [1.807, 2.05) is 13.8 Å². The summed E-state index contributed by atoms with van der Waals surface area (Å²) in [5, 5.41) is 28.8. The Hall–Kier alpha value is -3.45. The van der Waals surface area contributed by atoms with E-state index in [1.165, 1.54) is 29.0 Å². The summed E-state index contributed by atoms with van der Waals surface area (Å²) in [5.74, 6) is -3.89. The molecule has 4 heterocycles. The van der Waals surface area contributed by atoms with Gasteiger partial charge in [-0.3, -0.25) is 31.2 Å². The molecule has 2 aliphatic rings. The third-order valence-electron chi connectivity index (χ3n) is 7.34. The number of alkyl halides is 4. The van der Waals surface area contributed by atoms with Crippen molar-refractivity contribution < 1.29 is 31.8 Å². The quantitative estimate of drug-likeness (QED) is 0.115. The van der Waals surface area contributed by atoms with E-state index in [0.29, 0.717) is 19.2 Å². The summed E-state index contributed by atoms with van der Waals surface area (Å²) >= 11 is 0. The largest absolute Gasteiger partial charge is 0.419 e. The molecule has 1 atom stereocenters. The molecule has 12 nitrogen and oxygen atoms in total. The zero-order chi connectivity index (χ0) is 35.3. The van der Waals surface area contributed by atoms with Crippen molar-refractivity contribution in [1.82, 2.24) is 14.0 Å². The second kappa shape index (κ2) is 20.8. The molecule has 2 fully saturated rings. The summed E-state index contributed by atoms with van der Waals surface area (Å²) in [4.78, 5) is 26.5. The second-order valence-electron chi connectivity index (χ2n) is 10.8. The predicted octanol–water partition coefficient (Wildman–Crippen LogP) is 5.73. The number of halogens is 5. The van der Waals surface area contributed by atoms with Gasteiger partial charge in [0.2, 0.25) is 11.8 Å². The third-order valence-corrected chi connectivity index (χ3v) is 7.34. The van der Waals surface area contributed by atoms with Gasteiger partial charge < -0.3 is 28.2 Å². The van der Waals surface area contributed by atoms with Crippen LogP contribution in [0.2, 0.25) is 0 Å². The highest BCUT2D eigenvalue weighted by Crippen LogP contribution is 2.22. The third kappa shape index (κ3) is 12.9. The second-order valence-corrected chi connectivity index (χ2v) is 10.8. The molecule has 4 N–H and O–H groups in total. The summed E-state index contributed by atoms with van der Waals surface area (Å²) in [6.07, 6.45) is 0.423. The van der Waals surface area contributed by atoms with Gasteiger partial charge in [-0.1, -0.05) is 13.8 Å². The lowest BCUT2D eigenvalue weighted by Gasteiger charge is -2.35. The molecule has 0 spiro atoms. The molecule has 0 saturated carbocycles. The van der Waals surface area contributed by atoms with E-state index in [-0.39, 0.29) is 58.4 Å². The average molecular weight is 798 g/mol. The number of hydrogen-bond acceptors (Lipinski definition) is 10.